The lowest BCUT2D eigenvalue weighted by atomic mass is 10.2. The molecule has 1 heterocycles. The van der Waals surface area contributed by atoms with Crippen molar-refractivity contribution >= 4 is 22.6 Å². The molecular weight excluding hydrogens is 308 g/mol. The number of H-pyrrole nitrogens is 2. The van der Waals surface area contributed by atoms with Gasteiger partial charge >= 0.3 is 12.3 Å². The molecule has 0 fully saturated rings. The Morgan fingerprint density at radius 1 is 1.09 bits per heavy atom. The third-order valence-electron chi connectivity index (χ3n) is 3.12. The molecule has 6 nitrogen and oxygen atoms in total. The van der Waals surface area contributed by atoms with Crippen molar-refractivity contribution in [1.82, 2.24) is 9.97 Å². The smallest absolute Gasteiger partial charge is 0.387 e. The van der Waals surface area contributed by atoms with E-state index in [1.165, 1.54) is 18.2 Å². The number of aromatic nitrogens is 2. The highest BCUT2D eigenvalue weighted by Crippen LogP contribution is 2.22. The summed E-state index contributed by atoms with van der Waals surface area (Å²) in [7, 11) is 0. The Morgan fingerprint density at radius 3 is 2.61 bits per heavy atom. The summed E-state index contributed by atoms with van der Waals surface area (Å²) in [6, 6.07) is 10.5. The van der Waals surface area contributed by atoms with Gasteiger partial charge in [-0.3, -0.25) is 4.79 Å². The van der Waals surface area contributed by atoms with E-state index in [4.69, 9.17) is 0 Å². The zero-order valence-electron chi connectivity index (χ0n) is 11.6. The molecule has 0 saturated heterocycles. The minimum atomic E-state index is -3.02. The molecule has 3 N–H and O–H groups in total. The number of ether oxygens (including phenoxy) is 1. The number of aromatic amines is 2. The molecule has 0 spiro atoms. The first-order valence-electron chi connectivity index (χ1n) is 6.60. The Kier molecular flexibility index (Phi) is 3.80. The van der Waals surface area contributed by atoms with Crippen LogP contribution < -0.4 is 15.7 Å². The molecule has 8 heteroatoms. The SMILES string of the molecule is O=C(Nc1ccc2[nH]c(=O)[nH]c2c1)c1ccccc1OC(F)F. The molecule has 0 saturated carbocycles. The third kappa shape index (κ3) is 3.20. The molecule has 3 rings (SSSR count). The maximum atomic E-state index is 12.4. The van der Waals surface area contributed by atoms with E-state index in [9.17, 15) is 18.4 Å². The molecule has 1 aromatic heterocycles. The van der Waals surface area contributed by atoms with E-state index < -0.39 is 12.5 Å². The summed E-state index contributed by atoms with van der Waals surface area (Å²) in [6.45, 7) is -3.02. The van der Waals surface area contributed by atoms with Gasteiger partial charge in [-0.25, -0.2) is 4.79 Å². The molecule has 1 amide bonds. The van der Waals surface area contributed by atoms with Crippen molar-refractivity contribution in [2.75, 3.05) is 5.32 Å². The second-order valence-electron chi connectivity index (χ2n) is 4.67. The van der Waals surface area contributed by atoms with Crippen LogP contribution in [0.3, 0.4) is 0 Å². The number of amides is 1. The van der Waals surface area contributed by atoms with Crippen molar-refractivity contribution in [3.8, 4) is 5.75 Å². The fourth-order valence-electron chi connectivity index (χ4n) is 2.16. The number of alkyl halides is 2. The lowest BCUT2D eigenvalue weighted by Crippen LogP contribution is -2.14. The van der Waals surface area contributed by atoms with E-state index in [1.807, 2.05) is 0 Å². The molecular formula is C15H11F2N3O3. The van der Waals surface area contributed by atoms with Crippen LogP contribution in [0.25, 0.3) is 11.0 Å². The molecule has 0 aliphatic rings. The van der Waals surface area contributed by atoms with E-state index in [1.54, 1.807) is 24.3 Å². The minimum Gasteiger partial charge on any atom is -0.434 e. The second-order valence-corrected chi connectivity index (χ2v) is 4.67. The summed E-state index contributed by atoms with van der Waals surface area (Å²) in [6.07, 6.45) is 0. The van der Waals surface area contributed by atoms with Gasteiger partial charge in [0.1, 0.15) is 5.75 Å². The number of hydrogen-bond acceptors (Lipinski definition) is 3. The number of para-hydroxylation sites is 1. The van der Waals surface area contributed by atoms with Gasteiger partial charge < -0.3 is 20.0 Å². The van der Waals surface area contributed by atoms with Crippen molar-refractivity contribution in [1.29, 1.82) is 0 Å². The quantitative estimate of drug-likeness (QED) is 0.691. The number of carbonyl (C=O) groups is 1. The number of benzene rings is 2. The van der Waals surface area contributed by atoms with Gasteiger partial charge in [-0.05, 0) is 30.3 Å². The van der Waals surface area contributed by atoms with Crippen LogP contribution in [0, 0.1) is 0 Å². The highest BCUT2D eigenvalue weighted by atomic mass is 19.3. The van der Waals surface area contributed by atoms with Gasteiger partial charge in [0.2, 0.25) is 0 Å². The summed E-state index contributed by atoms with van der Waals surface area (Å²) < 4.78 is 29.1. The van der Waals surface area contributed by atoms with Crippen LogP contribution in [0.15, 0.2) is 47.3 Å². The lowest BCUT2D eigenvalue weighted by Gasteiger charge is -2.10. The summed E-state index contributed by atoms with van der Waals surface area (Å²) in [5.41, 5.74) is 1.14. The summed E-state index contributed by atoms with van der Waals surface area (Å²) in [5.74, 6) is -0.811. The fraction of sp³-hybridized carbons (Fsp3) is 0.0667. The van der Waals surface area contributed by atoms with Crippen LogP contribution in [-0.4, -0.2) is 22.5 Å². The van der Waals surface area contributed by atoms with Crippen LogP contribution in [0.2, 0.25) is 0 Å². The second kappa shape index (κ2) is 5.91. The first kappa shape index (κ1) is 14.8. The number of carbonyl (C=O) groups excluding carboxylic acids is 1. The average molecular weight is 319 g/mol. The van der Waals surface area contributed by atoms with Crippen LogP contribution in [-0.2, 0) is 0 Å². The van der Waals surface area contributed by atoms with E-state index >= 15 is 0 Å². The highest BCUT2D eigenvalue weighted by molar-refractivity contribution is 6.06. The molecule has 3 aromatic rings. The first-order valence-corrected chi connectivity index (χ1v) is 6.60. The molecule has 0 bridgehead atoms. The van der Waals surface area contributed by atoms with Crippen molar-refractivity contribution in [3.63, 3.8) is 0 Å². The maximum Gasteiger partial charge on any atom is 0.387 e. The number of rotatable bonds is 4. The molecule has 0 unspecified atom stereocenters. The number of anilines is 1. The fourth-order valence-corrected chi connectivity index (χ4v) is 2.16. The van der Waals surface area contributed by atoms with Gasteiger partial charge in [0.05, 0.1) is 16.6 Å². The summed E-state index contributed by atoms with van der Waals surface area (Å²) >= 11 is 0. The van der Waals surface area contributed by atoms with Crippen LogP contribution in [0.4, 0.5) is 14.5 Å². The molecule has 0 aliphatic carbocycles. The normalized spacial score (nSPS) is 10.9. The Morgan fingerprint density at radius 2 is 1.83 bits per heavy atom. The standard InChI is InChI=1S/C15H11F2N3O3/c16-14(17)23-12-4-2-1-3-9(12)13(21)18-8-5-6-10-11(7-8)20-15(22)19-10/h1-7,14H,(H,18,21)(H2,19,20,22). The van der Waals surface area contributed by atoms with E-state index in [0.29, 0.717) is 16.7 Å². The minimum absolute atomic E-state index is 0.0181. The molecule has 2 aromatic carbocycles. The van der Waals surface area contributed by atoms with Crippen LogP contribution in [0.1, 0.15) is 10.4 Å². The molecule has 0 atom stereocenters. The Bertz CT molecular complexity index is 917. The van der Waals surface area contributed by atoms with E-state index in [2.05, 4.69) is 20.0 Å². The topological polar surface area (TPSA) is 87.0 Å². The molecule has 118 valence electrons. The summed E-state index contributed by atoms with van der Waals surface area (Å²) in [4.78, 5) is 28.6. The average Bonchev–Trinajstić information content (AvgIpc) is 2.86. The number of imidazole rings is 1. The van der Waals surface area contributed by atoms with Gasteiger partial charge in [-0.15, -0.1) is 0 Å². The number of halogens is 2. The van der Waals surface area contributed by atoms with E-state index in [0.717, 1.165) is 0 Å². The Balaban J connectivity index is 1.87. The number of hydrogen-bond donors (Lipinski definition) is 3. The van der Waals surface area contributed by atoms with Crippen molar-refractivity contribution in [2.24, 2.45) is 0 Å². The van der Waals surface area contributed by atoms with Gasteiger partial charge in [-0.2, -0.15) is 8.78 Å². The largest absolute Gasteiger partial charge is 0.434 e. The van der Waals surface area contributed by atoms with Crippen molar-refractivity contribution < 1.29 is 18.3 Å². The molecule has 0 radical (unpaired) electrons. The lowest BCUT2D eigenvalue weighted by molar-refractivity contribution is -0.0501. The monoisotopic (exact) mass is 319 g/mol. The molecule has 23 heavy (non-hydrogen) atoms. The predicted octanol–water partition coefficient (Wildman–Crippen LogP) is 2.71. The Labute approximate surface area is 128 Å². The zero-order chi connectivity index (χ0) is 16.4. The summed E-state index contributed by atoms with van der Waals surface area (Å²) in [5, 5.41) is 2.57. The first-order chi connectivity index (χ1) is 11.0. The zero-order valence-corrected chi connectivity index (χ0v) is 11.6. The molecule has 0 aliphatic heterocycles. The number of nitrogens with one attached hydrogen (secondary N) is 3. The predicted molar refractivity (Wildman–Crippen MR) is 79.9 cm³/mol. The van der Waals surface area contributed by atoms with Gasteiger partial charge in [-0.1, -0.05) is 12.1 Å². The maximum absolute atomic E-state index is 12.4. The van der Waals surface area contributed by atoms with Crippen LogP contribution >= 0.6 is 0 Å². The third-order valence-corrected chi connectivity index (χ3v) is 3.12. The van der Waals surface area contributed by atoms with Gasteiger partial charge in [0.25, 0.3) is 5.91 Å². The van der Waals surface area contributed by atoms with Crippen LogP contribution in [0.5, 0.6) is 5.75 Å². The van der Waals surface area contributed by atoms with E-state index in [-0.39, 0.29) is 17.0 Å². The van der Waals surface area contributed by atoms with Gasteiger partial charge in [0, 0.05) is 5.69 Å². The van der Waals surface area contributed by atoms with Gasteiger partial charge in [0.15, 0.2) is 0 Å². The Hall–Kier alpha value is -3.16. The van der Waals surface area contributed by atoms with Crippen molar-refractivity contribution in [3.05, 3.63) is 58.5 Å². The highest BCUT2D eigenvalue weighted by Gasteiger charge is 2.15. The van der Waals surface area contributed by atoms with Crippen molar-refractivity contribution in [2.45, 2.75) is 6.61 Å². The number of fused-ring (bicyclic) bond motifs is 1.